The summed E-state index contributed by atoms with van der Waals surface area (Å²) in [5.41, 5.74) is 6.91. The molecule has 2 aromatic rings. The van der Waals surface area contributed by atoms with E-state index in [-0.39, 0.29) is 29.1 Å². The molecule has 1 aliphatic rings. The summed E-state index contributed by atoms with van der Waals surface area (Å²) in [6, 6.07) is 13.2. The van der Waals surface area contributed by atoms with Crippen LogP contribution in [-0.4, -0.2) is 23.5 Å². The van der Waals surface area contributed by atoms with Crippen LogP contribution in [0.15, 0.2) is 48.5 Å². The Morgan fingerprint density at radius 1 is 1.25 bits per heavy atom. The molecule has 0 aliphatic carbocycles. The first kappa shape index (κ1) is 15.9. The van der Waals surface area contributed by atoms with Gasteiger partial charge >= 0.3 is 0 Å². The monoisotopic (exact) mass is 327 g/mol. The lowest BCUT2D eigenvalue weighted by Gasteiger charge is -2.20. The topological polar surface area (TPSA) is 107 Å². The lowest BCUT2D eigenvalue weighted by Crippen LogP contribution is -2.37. The molecule has 0 radical (unpaired) electrons. The number of non-ortho nitro benzene ring substituents is 1. The Hall–Kier alpha value is -2.93. The quantitative estimate of drug-likeness (QED) is 0.509. The first-order valence-corrected chi connectivity index (χ1v) is 7.57. The molecule has 7 heteroatoms. The molecule has 0 unspecified atom stereocenters. The van der Waals surface area contributed by atoms with Gasteiger partial charge in [0.05, 0.1) is 16.5 Å². The van der Waals surface area contributed by atoms with Crippen LogP contribution in [-0.2, 0) is 4.74 Å². The fourth-order valence-electron chi connectivity index (χ4n) is 2.81. The minimum Gasteiger partial charge on any atom is -0.398 e. The summed E-state index contributed by atoms with van der Waals surface area (Å²) >= 11 is 0. The Bertz CT molecular complexity index is 764. The van der Waals surface area contributed by atoms with Gasteiger partial charge in [0.2, 0.25) is 0 Å². The number of amides is 1. The van der Waals surface area contributed by atoms with Crippen molar-refractivity contribution in [2.75, 3.05) is 12.3 Å². The van der Waals surface area contributed by atoms with E-state index in [4.69, 9.17) is 10.5 Å². The smallest absolute Gasteiger partial charge is 0.270 e. The van der Waals surface area contributed by atoms with Crippen LogP contribution in [0.5, 0.6) is 0 Å². The predicted molar refractivity (Wildman–Crippen MR) is 88.5 cm³/mol. The molecule has 1 aliphatic heterocycles. The molecule has 1 saturated heterocycles. The first-order valence-electron chi connectivity index (χ1n) is 7.57. The molecule has 0 saturated carbocycles. The third-order valence-corrected chi connectivity index (χ3v) is 4.03. The summed E-state index contributed by atoms with van der Waals surface area (Å²) in [7, 11) is 0. The van der Waals surface area contributed by atoms with Crippen LogP contribution in [0.25, 0.3) is 0 Å². The molecular formula is C17H17N3O4. The van der Waals surface area contributed by atoms with Gasteiger partial charge in [-0.15, -0.1) is 0 Å². The van der Waals surface area contributed by atoms with Gasteiger partial charge in [-0.2, -0.15) is 0 Å². The van der Waals surface area contributed by atoms with Crippen molar-refractivity contribution in [1.29, 1.82) is 0 Å². The number of anilines is 1. The molecule has 1 heterocycles. The molecule has 2 aromatic carbocycles. The number of nitrogens with zero attached hydrogens (tertiary/aromatic N) is 1. The van der Waals surface area contributed by atoms with Crippen LogP contribution >= 0.6 is 0 Å². The highest BCUT2D eigenvalue weighted by Gasteiger charge is 2.31. The lowest BCUT2D eigenvalue weighted by molar-refractivity contribution is -0.384. The zero-order chi connectivity index (χ0) is 17.1. The van der Waals surface area contributed by atoms with Gasteiger partial charge in [0.15, 0.2) is 0 Å². The molecule has 1 fully saturated rings. The number of carbonyl (C=O) groups is 1. The van der Waals surface area contributed by atoms with E-state index in [0.717, 1.165) is 5.56 Å². The van der Waals surface area contributed by atoms with Gasteiger partial charge in [0.1, 0.15) is 6.10 Å². The second-order valence-corrected chi connectivity index (χ2v) is 5.60. The van der Waals surface area contributed by atoms with E-state index < -0.39 is 10.8 Å². The van der Waals surface area contributed by atoms with Crippen molar-refractivity contribution in [3.63, 3.8) is 0 Å². The van der Waals surface area contributed by atoms with Crippen molar-refractivity contribution < 1.29 is 14.5 Å². The zero-order valence-electron chi connectivity index (χ0n) is 12.8. The van der Waals surface area contributed by atoms with E-state index in [1.807, 2.05) is 30.3 Å². The van der Waals surface area contributed by atoms with Crippen LogP contribution in [0, 0.1) is 10.1 Å². The number of nitrogen functional groups attached to an aromatic ring is 1. The highest BCUT2D eigenvalue weighted by molar-refractivity contribution is 6.00. The summed E-state index contributed by atoms with van der Waals surface area (Å²) in [6.45, 7) is 0.537. The average molecular weight is 327 g/mol. The molecule has 2 atom stereocenters. The van der Waals surface area contributed by atoms with Crippen LogP contribution in [0.1, 0.15) is 28.4 Å². The largest absolute Gasteiger partial charge is 0.398 e. The highest BCUT2D eigenvalue weighted by Crippen LogP contribution is 2.29. The first-order chi connectivity index (χ1) is 11.6. The summed E-state index contributed by atoms with van der Waals surface area (Å²) in [5.74, 6) is -0.437. The zero-order valence-corrected chi connectivity index (χ0v) is 12.8. The van der Waals surface area contributed by atoms with Gasteiger partial charge in [-0.3, -0.25) is 14.9 Å². The Labute approximate surface area is 138 Å². The molecule has 3 N–H and O–H groups in total. The third-order valence-electron chi connectivity index (χ3n) is 4.03. The van der Waals surface area contributed by atoms with Crippen LogP contribution < -0.4 is 11.1 Å². The molecule has 7 nitrogen and oxygen atoms in total. The standard InChI is InChI=1S/C17H17N3O4/c18-14-7-6-12(20(22)23)10-13(14)17(21)19-15-8-9-24-16(15)11-4-2-1-3-5-11/h1-7,10,15-16H,8-9,18H2,(H,19,21)/t15-,16+/m1/s1. The van der Waals surface area contributed by atoms with E-state index in [0.29, 0.717) is 13.0 Å². The van der Waals surface area contributed by atoms with Gasteiger partial charge in [-0.05, 0) is 18.1 Å². The number of benzene rings is 2. The number of ether oxygens (including phenoxy) is 1. The number of nitrogens with two attached hydrogens (primary N) is 1. The van der Waals surface area contributed by atoms with Gasteiger partial charge in [-0.1, -0.05) is 30.3 Å². The molecule has 24 heavy (non-hydrogen) atoms. The van der Waals surface area contributed by atoms with Crippen molar-refractivity contribution >= 4 is 17.3 Å². The summed E-state index contributed by atoms with van der Waals surface area (Å²) < 4.78 is 5.73. The van der Waals surface area contributed by atoms with Crippen LogP contribution in [0.2, 0.25) is 0 Å². The van der Waals surface area contributed by atoms with Gasteiger partial charge in [0, 0.05) is 24.4 Å². The van der Waals surface area contributed by atoms with Crippen molar-refractivity contribution in [3.8, 4) is 0 Å². The number of hydrogen-bond donors (Lipinski definition) is 2. The highest BCUT2D eigenvalue weighted by atomic mass is 16.6. The van der Waals surface area contributed by atoms with E-state index in [1.54, 1.807) is 0 Å². The maximum absolute atomic E-state index is 12.5. The molecule has 0 aromatic heterocycles. The predicted octanol–water partition coefficient (Wildman–Crippen LogP) is 2.44. The fourth-order valence-corrected chi connectivity index (χ4v) is 2.81. The van der Waals surface area contributed by atoms with Crippen LogP contribution in [0.3, 0.4) is 0 Å². The summed E-state index contributed by atoms with van der Waals surface area (Å²) in [6.07, 6.45) is 0.426. The molecule has 0 bridgehead atoms. The molecule has 0 spiro atoms. The average Bonchev–Trinajstić information content (AvgIpc) is 3.03. The maximum Gasteiger partial charge on any atom is 0.270 e. The minimum atomic E-state index is -0.554. The number of hydrogen-bond acceptors (Lipinski definition) is 5. The van der Waals surface area contributed by atoms with E-state index in [2.05, 4.69) is 5.32 Å². The number of carbonyl (C=O) groups excluding carboxylic acids is 1. The van der Waals surface area contributed by atoms with Crippen molar-refractivity contribution in [1.82, 2.24) is 5.32 Å². The molecule has 1 amide bonds. The van der Waals surface area contributed by atoms with Crippen LogP contribution in [0.4, 0.5) is 11.4 Å². The van der Waals surface area contributed by atoms with E-state index in [1.165, 1.54) is 18.2 Å². The Balaban J connectivity index is 1.79. The molecular weight excluding hydrogens is 310 g/mol. The summed E-state index contributed by atoms with van der Waals surface area (Å²) in [5, 5.41) is 13.8. The number of nitrogens with one attached hydrogen (secondary N) is 1. The van der Waals surface area contributed by atoms with E-state index >= 15 is 0 Å². The Morgan fingerprint density at radius 3 is 2.71 bits per heavy atom. The van der Waals surface area contributed by atoms with Gasteiger partial charge in [-0.25, -0.2) is 0 Å². The number of rotatable bonds is 4. The second kappa shape index (κ2) is 6.67. The maximum atomic E-state index is 12.5. The number of nitro benzene ring substituents is 1. The van der Waals surface area contributed by atoms with Crippen molar-refractivity contribution in [3.05, 3.63) is 69.8 Å². The van der Waals surface area contributed by atoms with Gasteiger partial charge < -0.3 is 15.8 Å². The SMILES string of the molecule is Nc1ccc([N+](=O)[O-])cc1C(=O)N[C@@H]1CCO[C@H]1c1ccccc1. The lowest BCUT2D eigenvalue weighted by atomic mass is 10.0. The number of nitro groups is 1. The molecule has 124 valence electrons. The van der Waals surface area contributed by atoms with Crippen molar-refractivity contribution in [2.24, 2.45) is 0 Å². The van der Waals surface area contributed by atoms with Crippen molar-refractivity contribution in [2.45, 2.75) is 18.6 Å². The second-order valence-electron chi connectivity index (χ2n) is 5.60. The Kier molecular flexibility index (Phi) is 4.43. The Morgan fingerprint density at radius 2 is 2.00 bits per heavy atom. The molecule has 3 rings (SSSR count). The third kappa shape index (κ3) is 3.21. The van der Waals surface area contributed by atoms with E-state index in [9.17, 15) is 14.9 Å². The van der Waals surface area contributed by atoms with Gasteiger partial charge in [0.25, 0.3) is 11.6 Å². The fraction of sp³-hybridized carbons (Fsp3) is 0.235. The normalized spacial score (nSPS) is 19.8. The minimum absolute atomic E-state index is 0.0999. The summed E-state index contributed by atoms with van der Waals surface area (Å²) in [4.78, 5) is 22.8.